The van der Waals surface area contributed by atoms with Crippen LogP contribution in [-0.2, 0) is 0 Å². The third kappa shape index (κ3) is 3.49. The van der Waals surface area contributed by atoms with E-state index in [2.05, 4.69) is 19.2 Å². The quantitative estimate of drug-likeness (QED) is 0.842. The molecule has 1 aromatic carbocycles. The summed E-state index contributed by atoms with van der Waals surface area (Å²) in [6, 6.07) is 8.45. The van der Waals surface area contributed by atoms with E-state index in [4.69, 9.17) is 0 Å². The van der Waals surface area contributed by atoms with Crippen LogP contribution in [0.15, 0.2) is 24.3 Å². The largest absolute Gasteiger partial charge is 0.508 e. The van der Waals surface area contributed by atoms with Gasteiger partial charge in [-0.2, -0.15) is 0 Å². The molecule has 2 rings (SSSR count). The molecule has 1 saturated carbocycles. The fourth-order valence-corrected chi connectivity index (χ4v) is 3.02. The molecule has 1 aliphatic carbocycles. The van der Waals surface area contributed by atoms with E-state index in [1.54, 1.807) is 12.1 Å². The highest BCUT2D eigenvalue weighted by atomic mass is 16.3. The van der Waals surface area contributed by atoms with Crippen molar-refractivity contribution in [3.05, 3.63) is 29.8 Å². The van der Waals surface area contributed by atoms with Gasteiger partial charge in [0, 0.05) is 12.1 Å². The maximum Gasteiger partial charge on any atom is 0.115 e. The van der Waals surface area contributed by atoms with Gasteiger partial charge in [0.2, 0.25) is 0 Å². The van der Waals surface area contributed by atoms with E-state index in [1.807, 2.05) is 12.1 Å². The van der Waals surface area contributed by atoms with Gasteiger partial charge in [-0.1, -0.05) is 31.4 Å². The minimum Gasteiger partial charge on any atom is -0.508 e. The maximum atomic E-state index is 9.30. The zero-order chi connectivity index (χ0) is 13.0. The summed E-state index contributed by atoms with van der Waals surface area (Å²) in [7, 11) is 0. The number of hydrogen-bond donors (Lipinski definition) is 2. The summed E-state index contributed by atoms with van der Waals surface area (Å²) in [6.45, 7) is 4.51. The van der Waals surface area contributed by atoms with E-state index >= 15 is 0 Å². The molecule has 2 N–H and O–H groups in total. The highest BCUT2D eigenvalue weighted by molar-refractivity contribution is 5.27. The van der Waals surface area contributed by atoms with Crippen LogP contribution in [0.25, 0.3) is 0 Å². The first kappa shape index (κ1) is 13.4. The first-order valence-electron chi connectivity index (χ1n) is 7.22. The van der Waals surface area contributed by atoms with E-state index in [0.29, 0.717) is 17.8 Å². The average Bonchev–Trinajstić information content (AvgIpc) is 2.40. The van der Waals surface area contributed by atoms with Crippen molar-refractivity contribution in [3.8, 4) is 5.75 Å². The Balaban J connectivity index is 1.89. The van der Waals surface area contributed by atoms with Crippen molar-refractivity contribution in [1.29, 1.82) is 0 Å². The fourth-order valence-electron chi connectivity index (χ4n) is 3.02. The second kappa shape index (κ2) is 6.24. The van der Waals surface area contributed by atoms with Crippen LogP contribution < -0.4 is 5.32 Å². The fraction of sp³-hybridized carbons (Fsp3) is 0.625. The monoisotopic (exact) mass is 247 g/mol. The molecule has 0 aromatic heterocycles. The summed E-state index contributed by atoms with van der Waals surface area (Å²) >= 11 is 0. The number of aromatic hydroxyl groups is 1. The van der Waals surface area contributed by atoms with Gasteiger partial charge in [0.15, 0.2) is 0 Å². The lowest BCUT2D eigenvalue weighted by molar-refractivity contribution is 0.268. The number of phenols is 1. The normalized spacial score (nSPS) is 20.6. The van der Waals surface area contributed by atoms with Gasteiger partial charge in [0.25, 0.3) is 0 Å². The summed E-state index contributed by atoms with van der Waals surface area (Å²) in [5.74, 6) is 1.17. The van der Waals surface area contributed by atoms with Crippen molar-refractivity contribution >= 4 is 0 Å². The molecule has 2 unspecified atom stereocenters. The van der Waals surface area contributed by atoms with Crippen LogP contribution in [0.3, 0.4) is 0 Å². The minimum absolute atomic E-state index is 0.339. The predicted octanol–water partition coefficient (Wildman–Crippen LogP) is 4.01. The summed E-state index contributed by atoms with van der Waals surface area (Å²) in [4.78, 5) is 0. The van der Waals surface area contributed by atoms with Crippen molar-refractivity contribution in [3.63, 3.8) is 0 Å². The molecule has 0 amide bonds. The molecule has 2 atom stereocenters. The van der Waals surface area contributed by atoms with Crippen LogP contribution in [0, 0.1) is 5.92 Å². The van der Waals surface area contributed by atoms with Gasteiger partial charge in [-0.25, -0.2) is 0 Å². The molecule has 1 aromatic rings. The molecule has 0 spiro atoms. The molecule has 18 heavy (non-hydrogen) atoms. The lowest BCUT2D eigenvalue weighted by Crippen LogP contribution is -2.36. The Hall–Kier alpha value is -1.02. The highest BCUT2D eigenvalue weighted by Gasteiger charge is 2.21. The second-order valence-corrected chi connectivity index (χ2v) is 5.67. The van der Waals surface area contributed by atoms with Crippen LogP contribution >= 0.6 is 0 Å². The standard InChI is InChI=1S/C16H25NO/c1-12(14-6-4-3-5-7-14)17-13(2)15-8-10-16(18)11-9-15/h8-14,17-18H,3-7H2,1-2H3. The van der Waals surface area contributed by atoms with Gasteiger partial charge in [-0.3, -0.25) is 0 Å². The van der Waals surface area contributed by atoms with Gasteiger partial charge in [-0.15, -0.1) is 0 Å². The number of rotatable bonds is 4. The van der Waals surface area contributed by atoms with Crippen molar-refractivity contribution in [2.45, 2.75) is 58.0 Å². The topological polar surface area (TPSA) is 32.3 Å². The average molecular weight is 247 g/mol. The molecule has 0 heterocycles. The van der Waals surface area contributed by atoms with E-state index < -0.39 is 0 Å². The van der Waals surface area contributed by atoms with Gasteiger partial charge < -0.3 is 10.4 Å². The van der Waals surface area contributed by atoms with Crippen LogP contribution in [0.1, 0.15) is 57.6 Å². The molecule has 0 aliphatic heterocycles. The molecule has 1 aliphatic rings. The predicted molar refractivity (Wildman–Crippen MR) is 75.7 cm³/mol. The van der Waals surface area contributed by atoms with Gasteiger partial charge in [-0.05, 0) is 50.3 Å². The minimum atomic E-state index is 0.339. The summed E-state index contributed by atoms with van der Waals surface area (Å²) in [5, 5.41) is 13.0. The zero-order valence-electron chi connectivity index (χ0n) is 11.5. The lowest BCUT2D eigenvalue weighted by atomic mass is 9.84. The van der Waals surface area contributed by atoms with E-state index in [0.717, 1.165) is 5.92 Å². The summed E-state index contributed by atoms with van der Waals surface area (Å²) < 4.78 is 0. The number of hydrogen-bond acceptors (Lipinski definition) is 2. The molecule has 100 valence electrons. The third-order valence-corrected chi connectivity index (χ3v) is 4.26. The first-order valence-corrected chi connectivity index (χ1v) is 7.22. The molecule has 0 saturated heterocycles. The second-order valence-electron chi connectivity index (χ2n) is 5.67. The molecule has 0 bridgehead atoms. The van der Waals surface area contributed by atoms with Gasteiger partial charge in [0.1, 0.15) is 5.75 Å². The Morgan fingerprint density at radius 1 is 1.06 bits per heavy atom. The van der Waals surface area contributed by atoms with Crippen LogP contribution in [0.2, 0.25) is 0 Å². The van der Waals surface area contributed by atoms with Crippen molar-refractivity contribution in [2.24, 2.45) is 5.92 Å². The van der Waals surface area contributed by atoms with Crippen molar-refractivity contribution in [2.75, 3.05) is 0 Å². The van der Waals surface area contributed by atoms with Crippen LogP contribution in [0.4, 0.5) is 0 Å². The Bertz CT molecular complexity index is 354. The van der Waals surface area contributed by atoms with E-state index in [9.17, 15) is 5.11 Å². The number of benzene rings is 1. The maximum absolute atomic E-state index is 9.30. The SMILES string of the molecule is CC(NC(C)C1CCCCC1)c1ccc(O)cc1. The number of nitrogens with one attached hydrogen (secondary N) is 1. The Kier molecular flexibility index (Phi) is 4.65. The Morgan fingerprint density at radius 2 is 1.67 bits per heavy atom. The Labute approximate surface area is 110 Å². The van der Waals surface area contributed by atoms with Crippen LogP contribution in [-0.4, -0.2) is 11.1 Å². The lowest BCUT2D eigenvalue weighted by Gasteiger charge is -2.30. The van der Waals surface area contributed by atoms with Crippen LogP contribution in [0.5, 0.6) is 5.75 Å². The third-order valence-electron chi connectivity index (χ3n) is 4.26. The molecule has 2 heteroatoms. The molecule has 1 fully saturated rings. The molecule has 0 radical (unpaired) electrons. The zero-order valence-corrected chi connectivity index (χ0v) is 11.5. The van der Waals surface area contributed by atoms with Gasteiger partial charge in [0.05, 0.1) is 0 Å². The van der Waals surface area contributed by atoms with Crippen molar-refractivity contribution < 1.29 is 5.11 Å². The Morgan fingerprint density at radius 3 is 2.28 bits per heavy atom. The summed E-state index contributed by atoms with van der Waals surface area (Å²) in [6.07, 6.45) is 6.94. The first-order chi connectivity index (χ1) is 8.66. The van der Waals surface area contributed by atoms with Crippen molar-refractivity contribution in [1.82, 2.24) is 5.32 Å². The number of phenolic OH excluding ortho intramolecular Hbond substituents is 1. The summed E-state index contributed by atoms with van der Waals surface area (Å²) in [5.41, 5.74) is 1.25. The molecular formula is C16H25NO. The van der Waals surface area contributed by atoms with E-state index in [-0.39, 0.29) is 0 Å². The smallest absolute Gasteiger partial charge is 0.115 e. The van der Waals surface area contributed by atoms with Gasteiger partial charge >= 0.3 is 0 Å². The molecular weight excluding hydrogens is 222 g/mol. The van der Waals surface area contributed by atoms with E-state index in [1.165, 1.54) is 37.7 Å². The highest BCUT2D eigenvalue weighted by Crippen LogP contribution is 2.27. The molecule has 2 nitrogen and oxygen atoms in total.